The molecule has 2 aromatic carbocycles. The zero-order chi connectivity index (χ0) is 27.6. The van der Waals surface area contributed by atoms with Gasteiger partial charge in [-0.3, -0.25) is 14.9 Å². The normalized spacial score (nSPS) is 13.6. The van der Waals surface area contributed by atoms with E-state index in [4.69, 9.17) is 9.47 Å². The summed E-state index contributed by atoms with van der Waals surface area (Å²) in [5, 5.41) is 3.00. The number of ether oxygens (including phenoxy) is 2. The number of hydrogen-bond acceptors (Lipinski definition) is 8. The predicted molar refractivity (Wildman–Crippen MR) is 129 cm³/mol. The van der Waals surface area contributed by atoms with Gasteiger partial charge in [0.2, 0.25) is 0 Å². The van der Waals surface area contributed by atoms with E-state index in [1.807, 2.05) is 44.2 Å². The molecule has 2 atom stereocenters. The van der Waals surface area contributed by atoms with Crippen molar-refractivity contribution >= 4 is 22.1 Å². The van der Waals surface area contributed by atoms with Crippen LogP contribution in [0.5, 0.6) is 5.75 Å². The first-order valence-electron chi connectivity index (χ1n) is 11.5. The maximum Gasteiger partial charge on any atom is 0.534 e. The summed E-state index contributed by atoms with van der Waals surface area (Å²) in [4.78, 5) is 25.5. The van der Waals surface area contributed by atoms with Crippen LogP contribution < -0.4 is 9.50 Å². The van der Waals surface area contributed by atoms with Crippen molar-refractivity contribution in [3.63, 3.8) is 0 Å². The van der Waals surface area contributed by atoms with Crippen molar-refractivity contribution in [2.24, 2.45) is 5.92 Å². The second-order valence-corrected chi connectivity index (χ2v) is 10.1. The van der Waals surface area contributed by atoms with Crippen LogP contribution in [0.3, 0.4) is 0 Å². The summed E-state index contributed by atoms with van der Waals surface area (Å²) in [5.41, 5.74) is -4.30. The first-order valence-corrected chi connectivity index (χ1v) is 13.0. The quantitative estimate of drug-likeness (QED) is 0.227. The lowest BCUT2D eigenvalue weighted by molar-refractivity contribution is -0.150. The Labute approximate surface area is 214 Å². The third-order valence-electron chi connectivity index (χ3n) is 5.04. The minimum atomic E-state index is -5.81. The number of carbonyl (C=O) groups excluding carboxylic acids is 2. The summed E-state index contributed by atoms with van der Waals surface area (Å²) < 4.78 is 74.7. The molecule has 2 rings (SSSR count). The van der Waals surface area contributed by atoms with Crippen LogP contribution in [0.25, 0.3) is 0 Å². The van der Waals surface area contributed by atoms with Gasteiger partial charge in [0.1, 0.15) is 24.4 Å². The molecule has 37 heavy (non-hydrogen) atoms. The molecule has 2 aromatic rings. The van der Waals surface area contributed by atoms with Crippen molar-refractivity contribution in [1.82, 2.24) is 5.32 Å². The van der Waals surface area contributed by atoms with E-state index < -0.39 is 45.4 Å². The molecule has 0 spiro atoms. The van der Waals surface area contributed by atoms with E-state index in [1.54, 1.807) is 6.92 Å². The van der Waals surface area contributed by atoms with Gasteiger partial charge in [-0.25, -0.2) is 0 Å². The minimum Gasteiger partial charge on any atom is -0.465 e. The van der Waals surface area contributed by atoms with Gasteiger partial charge in [-0.1, -0.05) is 56.3 Å². The second kappa shape index (κ2) is 13.4. The fourth-order valence-corrected chi connectivity index (χ4v) is 3.78. The number of halogens is 3. The number of nitrogens with one attached hydrogen (secondary N) is 1. The van der Waals surface area contributed by atoms with E-state index >= 15 is 0 Å². The molecule has 12 heteroatoms. The highest BCUT2D eigenvalue weighted by molar-refractivity contribution is 7.88. The molecule has 0 radical (unpaired) electrons. The summed E-state index contributed by atoms with van der Waals surface area (Å²) in [6, 6.07) is 12.0. The lowest BCUT2D eigenvalue weighted by Gasteiger charge is -2.25. The van der Waals surface area contributed by atoms with Gasteiger partial charge in [-0.05, 0) is 48.9 Å². The van der Waals surface area contributed by atoms with E-state index in [0.29, 0.717) is 12.0 Å². The third-order valence-corrected chi connectivity index (χ3v) is 6.02. The molecule has 1 N–H and O–H groups in total. The highest BCUT2D eigenvalue weighted by Gasteiger charge is 2.48. The monoisotopic (exact) mass is 545 g/mol. The van der Waals surface area contributed by atoms with Gasteiger partial charge < -0.3 is 13.7 Å². The van der Waals surface area contributed by atoms with E-state index in [-0.39, 0.29) is 25.6 Å². The number of benzene rings is 2. The van der Waals surface area contributed by atoms with Gasteiger partial charge in [0.15, 0.2) is 0 Å². The summed E-state index contributed by atoms with van der Waals surface area (Å²) in [6.45, 7) is 5.59. The van der Waals surface area contributed by atoms with Gasteiger partial charge in [-0.15, -0.1) is 0 Å². The molecule has 204 valence electrons. The number of esters is 2. The third kappa shape index (κ3) is 9.69. The first-order chi connectivity index (χ1) is 17.3. The lowest BCUT2D eigenvalue weighted by Crippen LogP contribution is -2.50. The van der Waals surface area contributed by atoms with E-state index in [9.17, 15) is 31.2 Å². The van der Waals surface area contributed by atoms with Gasteiger partial charge in [-0.2, -0.15) is 21.6 Å². The van der Waals surface area contributed by atoms with Crippen LogP contribution >= 0.6 is 0 Å². The molecule has 1 unspecified atom stereocenters. The van der Waals surface area contributed by atoms with Gasteiger partial charge in [0.25, 0.3) is 0 Å². The highest BCUT2D eigenvalue weighted by Crippen LogP contribution is 2.27. The Kier molecular flexibility index (Phi) is 10.9. The van der Waals surface area contributed by atoms with Crippen molar-refractivity contribution in [1.29, 1.82) is 0 Å². The van der Waals surface area contributed by atoms with E-state index in [1.165, 1.54) is 12.1 Å². The number of hydrogen-bond donors (Lipinski definition) is 1. The average Bonchev–Trinajstić information content (AvgIpc) is 2.82. The Balaban J connectivity index is 2.16. The molecule has 0 saturated heterocycles. The van der Waals surface area contributed by atoms with Crippen LogP contribution in [-0.2, 0) is 42.2 Å². The smallest absolute Gasteiger partial charge is 0.465 e. The van der Waals surface area contributed by atoms with Gasteiger partial charge >= 0.3 is 27.6 Å². The summed E-state index contributed by atoms with van der Waals surface area (Å²) >= 11 is 0. The number of rotatable bonds is 13. The Hall–Kier alpha value is -3.12. The molecular formula is C25H30F3NO7S. The summed E-state index contributed by atoms with van der Waals surface area (Å²) in [7, 11) is -5.81. The average molecular weight is 546 g/mol. The molecular weight excluding hydrogens is 515 g/mol. The lowest BCUT2D eigenvalue weighted by atomic mass is 10.0. The van der Waals surface area contributed by atoms with Crippen LogP contribution in [0.15, 0.2) is 54.6 Å². The van der Waals surface area contributed by atoms with Crippen LogP contribution in [0.4, 0.5) is 13.2 Å². The molecule has 0 aliphatic carbocycles. The van der Waals surface area contributed by atoms with Crippen molar-refractivity contribution < 1.29 is 44.8 Å². The molecule has 8 nitrogen and oxygen atoms in total. The molecule has 0 saturated carbocycles. The first kappa shape index (κ1) is 30.1. The maximum absolute atomic E-state index is 12.9. The van der Waals surface area contributed by atoms with E-state index in [2.05, 4.69) is 9.50 Å². The van der Waals surface area contributed by atoms with E-state index in [0.717, 1.165) is 17.7 Å². The van der Waals surface area contributed by atoms with Crippen LogP contribution in [0, 0.1) is 5.92 Å². The molecule has 0 heterocycles. The van der Waals surface area contributed by atoms with Crippen LogP contribution in [0.2, 0.25) is 0 Å². The zero-order valence-electron chi connectivity index (χ0n) is 20.7. The fourth-order valence-electron chi connectivity index (χ4n) is 3.32. The fraction of sp³-hybridized carbons (Fsp3) is 0.440. The van der Waals surface area contributed by atoms with Crippen LogP contribution in [-0.4, -0.2) is 44.6 Å². The molecule has 0 bridgehead atoms. The number of carbonyl (C=O) groups is 2. The summed E-state index contributed by atoms with van der Waals surface area (Å²) in [6.07, 6.45) is 0.372. The Morgan fingerprint density at radius 1 is 0.892 bits per heavy atom. The maximum atomic E-state index is 12.9. The predicted octanol–water partition coefficient (Wildman–Crippen LogP) is 4.14. The van der Waals surface area contributed by atoms with Crippen molar-refractivity contribution in [3.8, 4) is 5.75 Å². The SMILES string of the molecule is CCOC(=O)C(Cc1ccc(OS(=O)(=O)C(F)(F)F)cc1)N[C@@H](CC(C)C)C(=O)OCc1ccccc1. The standard InChI is InChI=1S/C25H30F3NO7S/c1-4-34-23(30)22(15-18-10-12-20(13-11-18)36-37(32,33)25(26,27)28)29-21(14-17(2)3)24(31)35-16-19-8-6-5-7-9-19/h5-13,17,21-22,29H,4,14-16H2,1-3H3/t21-,22?/m0/s1. The van der Waals surface area contributed by atoms with Crippen LogP contribution in [0.1, 0.15) is 38.3 Å². The Morgan fingerprint density at radius 2 is 1.49 bits per heavy atom. The Bertz CT molecular complexity index is 1120. The highest BCUT2D eigenvalue weighted by atomic mass is 32.2. The van der Waals surface area contributed by atoms with Crippen molar-refractivity contribution in [2.45, 2.75) is 57.8 Å². The Morgan fingerprint density at radius 3 is 2.03 bits per heavy atom. The molecule has 0 amide bonds. The van der Waals surface area contributed by atoms with Crippen molar-refractivity contribution in [3.05, 3.63) is 65.7 Å². The molecule has 0 aliphatic heterocycles. The molecule has 0 aromatic heterocycles. The molecule has 0 aliphatic rings. The minimum absolute atomic E-state index is 0.00565. The van der Waals surface area contributed by atoms with Gasteiger partial charge in [0.05, 0.1) is 6.61 Å². The van der Waals surface area contributed by atoms with Crippen molar-refractivity contribution in [2.75, 3.05) is 6.61 Å². The summed E-state index contributed by atoms with van der Waals surface area (Å²) in [5.74, 6) is -1.64. The van der Waals surface area contributed by atoms with Gasteiger partial charge in [0, 0.05) is 0 Å². The topological polar surface area (TPSA) is 108 Å². The number of alkyl halides is 3. The molecule has 0 fully saturated rings. The largest absolute Gasteiger partial charge is 0.534 e. The second-order valence-electron chi connectivity index (χ2n) is 8.58. The zero-order valence-corrected chi connectivity index (χ0v) is 21.5.